The van der Waals surface area contributed by atoms with Crippen LogP contribution in [0.25, 0.3) is 0 Å². The van der Waals surface area contributed by atoms with Crippen LogP contribution in [0.3, 0.4) is 0 Å². The maximum atomic E-state index is 12.9. The number of amides is 1. The van der Waals surface area contributed by atoms with Crippen LogP contribution in [0.15, 0.2) is 41.3 Å². The van der Waals surface area contributed by atoms with Crippen molar-refractivity contribution in [3.05, 3.63) is 58.7 Å². The quantitative estimate of drug-likeness (QED) is 0.815. The van der Waals surface area contributed by atoms with Crippen molar-refractivity contribution in [2.24, 2.45) is 0 Å². The molecule has 0 unspecified atom stereocenters. The van der Waals surface area contributed by atoms with E-state index < -0.39 is 10.0 Å². The molecule has 1 aliphatic rings. The first-order valence-electron chi connectivity index (χ1n) is 9.84. The molecular weight excluding hydrogens is 386 g/mol. The first-order chi connectivity index (χ1) is 13.7. The summed E-state index contributed by atoms with van der Waals surface area (Å²) in [4.78, 5) is 14.8. The van der Waals surface area contributed by atoms with E-state index in [-0.39, 0.29) is 12.5 Å². The standard InChI is InChI=1S/C22H29N3O3S/c1-16-8-9-20(14-19(16)4)29(27,28)25-12-10-24(11-13-25)15-21(26)23-22-17(2)6-5-7-18(22)3/h5-9,14H,10-13,15H2,1-4H3,(H,23,26). The van der Waals surface area contributed by atoms with Crippen LogP contribution >= 0.6 is 0 Å². The highest BCUT2D eigenvalue weighted by Gasteiger charge is 2.29. The molecule has 1 N–H and O–H groups in total. The zero-order valence-electron chi connectivity index (χ0n) is 17.5. The molecule has 1 heterocycles. The molecule has 2 aromatic carbocycles. The first kappa shape index (κ1) is 21.5. The molecule has 0 saturated carbocycles. The number of rotatable bonds is 5. The summed E-state index contributed by atoms with van der Waals surface area (Å²) < 4.78 is 27.4. The molecule has 0 aliphatic carbocycles. The van der Waals surface area contributed by atoms with Crippen molar-refractivity contribution in [3.63, 3.8) is 0 Å². The highest BCUT2D eigenvalue weighted by Crippen LogP contribution is 2.21. The number of hydrogen-bond acceptors (Lipinski definition) is 4. The second-order valence-corrected chi connectivity index (χ2v) is 9.68. The number of nitrogens with one attached hydrogen (secondary N) is 1. The number of anilines is 1. The highest BCUT2D eigenvalue weighted by atomic mass is 32.2. The van der Waals surface area contributed by atoms with Crippen LogP contribution in [0, 0.1) is 27.7 Å². The van der Waals surface area contributed by atoms with Gasteiger partial charge in [0.2, 0.25) is 15.9 Å². The molecule has 2 aromatic rings. The Kier molecular flexibility index (Phi) is 6.41. The molecule has 3 rings (SSSR count). The number of piperazine rings is 1. The SMILES string of the molecule is Cc1ccc(S(=O)(=O)N2CCN(CC(=O)Nc3c(C)cccc3C)CC2)cc1C. The molecule has 0 radical (unpaired) electrons. The van der Waals surface area contributed by atoms with E-state index >= 15 is 0 Å². The van der Waals surface area contributed by atoms with Crippen molar-refractivity contribution in [2.75, 3.05) is 38.0 Å². The molecule has 0 spiro atoms. The van der Waals surface area contributed by atoms with Crippen molar-refractivity contribution >= 4 is 21.6 Å². The lowest BCUT2D eigenvalue weighted by Gasteiger charge is -2.33. The molecule has 7 heteroatoms. The Hall–Kier alpha value is -2.22. The number of para-hydroxylation sites is 1. The minimum absolute atomic E-state index is 0.0760. The fourth-order valence-corrected chi connectivity index (χ4v) is 5.05. The Morgan fingerprint density at radius 1 is 0.897 bits per heavy atom. The largest absolute Gasteiger partial charge is 0.324 e. The van der Waals surface area contributed by atoms with Gasteiger partial charge in [0.15, 0.2) is 0 Å². The van der Waals surface area contributed by atoms with E-state index in [4.69, 9.17) is 0 Å². The van der Waals surface area contributed by atoms with Crippen LogP contribution in [0.2, 0.25) is 0 Å². The van der Waals surface area contributed by atoms with E-state index in [9.17, 15) is 13.2 Å². The van der Waals surface area contributed by atoms with Gasteiger partial charge >= 0.3 is 0 Å². The number of benzene rings is 2. The monoisotopic (exact) mass is 415 g/mol. The average molecular weight is 416 g/mol. The Labute approximate surface area is 173 Å². The van der Waals surface area contributed by atoms with E-state index in [1.54, 1.807) is 12.1 Å². The van der Waals surface area contributed by atoms with Gasteiger partial charge in [-0.25, -0.2) is 8.42 Å². The van der Waals surface area contributed by atoms with Crippen LogP contribution in [-0.4, -0.2) is 56.3 Å². The molecule has 156 valence electrons. The summed E-state index contributed by atoms with van der Waals surface area (Å²) >= 11 is 0. The number of hydrogen-bond donors (Lipinski definition) is 1. The Bertz CT molecular complexity index is 990. The molecular formula is C22H29N3O3S. The molecule has 1 saturated heterocycles. The maximum Gasteiger partial charge on any atom is 0.243 e. The number of sulfonamides is 1. The topological polar surface area (TPSA) is 69.7 Å². The molecule has 1 amide bonds. The van der Waals surface area contributed by atoms with Gasteiger partial charge in [0, 0.05) is 31.9 Å². The fourth-order valence-electron chi connectivity index (χ4n) is 3.55. The van der Waals surface area contributed by atoms with Gasteiger partial charge in [0.05, 0.1) is 11.4 Å². The summed E-state index contributed by atoms with van der Waals surface area (Å²) in [6, 6.07) is 11.2. The zero-order valence-corrected chi connectivity index (χ0v) is 18.3. The number of carbonyl (C=O) groups excluding carboxylic acids is 1. The Balaban J connectivity index is 1.59. The molecule has 0 atom stereocenters. The van der Waals surface area contributed by atoms with Crippen LogP contribution in [0.4, 0.5) is 5.69 Å². The molecule has 0 aromatic heterocycles. The minimum Gasteiger partial charge on any atom is -0.324 e. The van der Waals surface area contributed by atoms with Crippen molar-refractivity contribution in [1.29, 1.82) is 0 Å². The molecule has 0 bridgehead atoms. The lowest BCUT2D eigenvalue weighted by Crippen LogP contribution is -2.50. The van der Waals surface area contributed by atoms with Crippen molar-refractivity contribution < 1.29 is 13.2 Å². The van der Waals surface area contributed by atoms with Gasteiger partial charge in [0.25, 0.3) is 0 Å². The smallest absolute Gasteiger partial charge is 0.243 e. The van der Waals surface area contributed by atoms with E-state index in [2.05, 4.69) is 5.32 Å². The summed E-state index contributed by atoms with van der Waals surface area (Å²) in [5.41, 5.74) is 4.95. The van der Waals surface area contributed by atoms with Gasteiger partial charge in [-0.3, -0.25) is 9.69 Å². The fraction of sp³-hybridized carbons (Fsp3) is 0.409. The predicted molar refractivity (Wildman–Crippen MR) is 116 cm³/mol. The molecule has 1 aliphatic heterocycles. The lowest BCUT2D eigenvalue weighted by molar-refractivity contribution is -0.117. The molecule has 29 heavy (non-hydrogen) atoms. The second kappa shape index (κ2) is 8.65. The number of nitrogens with zero attached hydrogens (tertiary/aromatic N) is 2. The number of aryl methyl sites for hydroxylation is 4. The number of carbonyl (C=O) groups is 1. The van der Waals surface area contributed by atoms with Crippen LogP contribution in [0.1, 0.15) is 22.3 Å². The van der Waals surface area contributed by atoms with Crippen molar-refractivity contribution in [2.45, 2.75) is 32.6 Å². The summed E-state index contributed by atoms with van der Waals surface area (Å²) in [5, 5.41) is 2.99. The van der Waals surface area contributed by atoms with Gasteiger partial charge in [-0.05, 0) is 62.1 Å². The summed E-state index contributed by atoms with van der Waals surface area (Å²) in [7, 11) is -3.51. The minimum atomic E-state index is -3.51. The van der Waals surface area contributed by atoms with E-state index in [0.717, 1.165) is 27.9 Å². The van der Waals surface area contributed by atoms with E-state index in [0.29, 0.717) is 31.1 Å². The first-order valence-corrected chi connectivity index (χ1v) is 11.3. The summed E-state index contributed by atoms with van der Waals surface area (Å²) in [5.74, 6) is -0.0760. The van der Waals surface area contributed by atoms with Gasteiger partial charge in [-0.15, -0.1) is 0 Å². The van der Waals surface area contributed by atoms with Crippen LogP contribution in [-0.2, 0) is 14.8 Å². The molecule has 6 nitrogen and oxygen atoms in total. The Morgan fingerprint density at radius 2 is 1.52 bits per heavy atom. The zero-order chi connectivity index (χ0) is 21.2. The lowest BCUT2D eigenvalue weighted by atomic mass is 10.1. The Morgan fingerprint density at radius 3 is 2.10 bits per heavy atom. The molecule has 1 fully saturated rings. The van der Waals surface area contributed by atoms with Gasteiger partial charge in [-0.1, -0.05) is 24.3 Å². The van der Waals surface area contributed by atoms with Gasteiger partial charge in [0.1, 0.15) is 0 Å². The van der Waals surface area contributed by atoms with Gasteiger partial charge in [-0.2, -0.15) is 4.31 Å². The van der Waals surface area contributed by atoms with Crippen LogP contribution < -0.4 is 5.32 Å². The van der Waals surface area contributed by atoms with Crippen molar-refractivity contribution in [1.82, 2.24) is 9.21 Å². The van der Waals surface area contributed by atoms with Crippen LogP contribution in [0.5, 0.6) is 0 Å². The van der Waals surface area contributed by atoms with E-state index in [1.807, 2.05) is 56.9 Å². The third kappa shape index (κ3) is 4.86. The third-order valence-electron chi connectivity index (χ3n) is 5.56. The summed E-state index contributed by atoms with van der Waals surface area (Å²) in [6.07, 6.45) is 0. The van der Waals surface area contributed by atoms with Gasteiger partial charge < -0.3 is 5.32 Å². The highest BCUT2D eigenvalue weighted by molar-refractivity contribution is 7.89. The predicted octanol–water partition coefficient (Wildman–Crippen LogP) is 2.87. The maximum absolute atomic E-state index is 12.9. The van der Waals surface area contributed by atoms with Crippen molar-refractivity contribution in [3.8, 4) is 0 Å². The van der Waals surface area contributed by atoms with E-state index in [1.165, 1.54) is 4.31 Å². The third-order valence-corrected chi connectivity index (χ3v) is 7.45. The normalized spacial score (nSPS) is 16.0. The summed E-state index contributed by atoms with van der Waals surface area (Å²) in [6.45, 7) is 9.91. The average Bonchev–Trinajstić information content (AvgIpc) is 2.67. The second-order valence-electron chi connectivity index (χ2n) is 7.74.